The lowest BCUT2D eigenvalue weighted by atomic mass is 10.1. The maximum atomic E-state index is 12.8. The van der Waals surface area contributed by atoms with Crippen LogP contribution in [0.15, 0.2) is 29.2 Å². The number of nitrogens with one attached hydrogen (secondary N) is 1. The average molecular weight is 325 g/mol. The maximum absolute atomic E-state index is 12.8. The molecule has 2 rings (SSSR count). The van der Waals surface area contributed by atoms with Gasteiger partial charge in [-0.15, -0.1) is 11.8 Å². The fraction of sp³-hybridized carbons (Fsp3) is 0.500. The third-order valence-corrected chi connectivity index (χ3v) is 5.16. The van der Waals surface area contributed by atoms with Crippen LogP contribution in [0, 0.1) is 17.7 Å². The SMILES string of the molecule is CC(CSc1ccc(F)cc1)C(=O)N[C@@H]1CC[C@H](C(=O)O)C1. The number of hydrogen-bond acceptors (Lipinski definition) is 3. The molecule has 0 aliphatic heterocycles. The van der Waals surface area contributed by atoms with Crippen molar-refractivity contribution >= 4 is 23.6 Å². The third kappa shape index (κ3) is 4.73. The van der Waals surface area contributed by atoms with Crippen LogP contribution in [0.5, 0.6) is 0 Å². The number of benzene rings is 1. The second-order valence-electron chi connectivity index (χ2n) is 5.72. The zero-order chi connectivity index (χ0) is 16.1. The van der Waals surface area contributed by atoms with Crippen molar-refractivity contribution in [2.75, 3.05) is 5.75 Å². The summed E-state index contributed by atoms with van der Waals surface area (Å²) in [5.74, 6) is -1.02. The molecule has 0 saturated heterocycles. The van der Waals surface area contributed by atoms with Gasteiger partial charge in [0.1, 0.15) is 5.82 Å². The Morgan fingerprint density at radius 3 is 2.64 bits per heavy atom. The van der Waals surface area contributed by atoms with Gasteiger partial charge in [0.25, 0.3) is 0 Å². The maximum Gasteiger partial charge on any atom is 0.306 e. The van der Waals surface area contributed by atoms with Gasteiger partial charge < -0.3 is 10.4 Å². The number of rotatable bonds is 6. The molecule has 1 fully saturated rings. The summed E-state index contributed by atoms with van der Waals surface area (Å²) in [6.45, 7) is 1.84. The van der Waals surface area contributed by atoms with Gasteiger partial charge >= 0.3 is 5.97 Å². The first-order valence-electron chi connectivity index (χ1n) is 7.37. The summed E-state index contributed by atoms with van der Waals surface area (Å²) in [7, 11) is 0. The molecule has 0 aromatic heterocycles. The predicted octanol–water partition coefficient (Wildman–Crippen LogP) is 2.92. The summed E-state index contributed by atoms with van der Waals surface area (Å²) in [4.78, 5) is 24.0. The number of thioether (sulfide) groups is 1. The number of carbonyl (C=O) groups is 2. The fourth-order valence-electron chi connectivity index (χ4n) is 2.51. The topological polar surface area (TPSA) is 66.4 Å². The van der Waals surface area contributed by atoms with E-state index in [2.05, 4.69) is 5.32 Å². The molecule has 2 N–H and O–H groups in total. The Labute approximate surface area is 133 Å². The molecule has 0 bridgehead atoms. The summed E-state index contributed by atoms with van der Waals surface area (Å²) in [5.41, 5.74) is 0. The highest BCUT2D eigenvalue weighted by Gasteiger charge is 2.31. The van der Waals surface area contributed by atoms with E-state index in [1.165, 1.54) is 23.9 Å². The van der Waals surface area contributed by atoms with Crippen molar-refractivity contribution in [3.63, 3.8) is 0 Å². The lowest BCUT2D eigenvalue weighted by molar-refractivity contribution is -0.141. The molecule has 1 aromatic carbocycles. The molecule has 1 saturated carbocycles. The minimum absolute atomic E-state index is 0.0353. The Hall–Kier alpha value is -1.56. The lowest BCUT2D eigenvalue weighted by Crippen LogP contribution is -2.37. The molecular formula is C16H20FNO3S. The molecular weight excluding hydrogens is 305 g/mol. The first kappa shape index (κ1) is 16.8. The normalized spacial score (nSPS) is 22.3. The standard InChI is InChI=1S/C16H20FNO3S/c1-10(9-22-14-6-3-12(17)4-7-14)15(19)18-13-5-2-11(8-13)16(20)21/h3-4,6-7,10-11,13H,2,5,8-9H2,1H3,(H,18,19)(H,20,21)/t10?,11-,13+/m0/s1. The molecule has 1 aliphatic rings. The van der Waals surface area contributed by atoms with Gasteiger partial charge in [0.2, 0.25) is 5.91 Å². The van der Waals surface area contributed by atoms with Crippen molar-refractivity contribution in [3.8, 4) is 0 Å². The summed E-state index contributed by atoms with van der Waals surface area (Å²) in [6, 6.07) is 6.15. The predicted molar refractivity (Wildman–Crippen MR) is 83.2 cm³/mol. The summed E-state index contributed by atoms with van der Waals surface area (Å²) >= 11 is 1.51. The van der Waals surface area contributed by atoms with Crippen molar-refractivity contribution in [2.45, 2.75) is 37.1 Å². The van der Waals surface area contributed by atoms with Gasteiger partial charge in [0.05, 0.1) is 5.92 Å². The number of hydrogen-bond donors (Lipinski definition) is 2. The van der Waals surface area contributed by atoms with E-state index in [-0.39, 0.29) is 29.6 Å². The molecule has 1 amide bonds. The summed E-state index contributed by atoms with van der Waals surface area (Å²) in [5, 5.41) is 11.9. The lowest BCUT2D eigenvalue weighted by Gasteiger charge is -2.16. The second kappa shape index (κ2) is 7.63. The van der Waals surface area contributed by atoms with E-state index in [9.17, 15) is 14.0 Å². The molecule has 120 valence electrons. The van der Waals surface area contributed by atoms with Gasteiger partial charge in [-0.1, -0.05) is 6.92 Å². The fourth-order valence-corrected chi connectivity index (χ4v) is 3.43. The molecule has 1 aliphatic carbocycles. The Balaban J connectivity index is 1.75. The number of halogens is 1. The smallest absolute Gasteiger partial charge is 0.306 e. The van der Waals surface area contributed by atoms with E-state index in [0.717, 1.165) is 11.3 Å². The van der Waals surface area contributed by atoms with Gasteiger partial charge in [-0.25, -0.2) is 4.39 Å². The summed E-state index contributed by atoms with van der Waals surface area (Å²) in [6.07, 6.45) is 1.86. The molecule has 0 radical (unpaired) electrons. The van der Waals surface area contributed by atoms with Crippen LogP contribution >= 0.6 is 11.8 Å². The quantitative estimate of drug-likeness (QED) is 0.789. The highest BCUT2D eigenvalue weighted by molar-refractivity contribution is 7.99. The third-order valence-electron chi connectivity index (χ3n) is 3.89. The van der Waals surface area contributed by atoms with Crippen molar-refractivity contribution in [3.05, 3.63) is 30.1 Å². The first-order valence-corrected chi connectivity index (χ1v) is 8.36. The van der Waals surface area contributed by atoms with Crippen LogP contribution in [0.4, 0.5) is 4.39 Å². The van der Waals surface area contributed by atoms with E-state index in [4.69, 9.17) is 5.11 Å². The van der Waals surface area contributed by atoms with Crippen LogP contribution in [0.1, 0.15) is 26.2 Å². The highest BCUT2D eigenvalue weighted by atomic mass is 32.2. The van der Waals surface area contributed by atoms with Gasteiger partial charge in [-0.3, -0.25) is 9.59 Å². The van der Waals surface area contributed by atoms with Crippen molar-refractivity contribution in [1.82, 2.24) is 5.32 Å². The molecule has 1 aromatic rings. The first-order chi connectivity index (χ1) is 10.5. The molecule has 0 spiro atoms. The number of carbonyl (C=O) groups excluding carboxylic acids is 1. The Morgan fingerprint density at radius 2 is 2.05 bits per heavy atom. The molecule has 22 heavy (non-hydrogen) atoms. The number of aliphatic carboxylic acids is 1. The van der Waals surface area contributed by atoms with Gasteiger partial charge in [-0.2, -0.15) is 0 Å². The van der Waals surface area contributed by atoms with E-state index in [1.807, 2.05) is 6.92 Å². The summed E-state index contributed by atoms with van der Waals surface area (Å²) < 4.78 is 12.8. The van der Waals surface area contributed by atoms with E-state index >= 15 is 0 Å². The van der Waals surface area contributed by atoms with Crippen LogP contribution in [-0.4, -0.2) is 28.8 Å². The minimum atomic E-state index is -0.781. The zero-order valence-electron chi connectivity index (χ0n) is 12.4. The van der Waals surface area contributed by atoms with Crippen LogP contribution in [0.25, 0.3) is 0 Å². The minimum Gasteiger partial charge on any atom is -0.481 e. The molecule has 4 nitrogen and oxygen atoms in total. The van der Waals surface area contributed by atoms with E-state index in [0.29, 0.717) is 18.6 Å². The highest BCUT2D eigenvalue weighted by Crippen LogP contribution is 2.26. The second-order valence-corrected chi connectivity index (χ2v) is 6.81. The molecule has 0 heterocycles. The van der Waals surface area contributed by atoms with Crippen LogP contribution < -0.4 is 5.32 Å². The Bertz CT molecular complexity index is 535. The Kier molecular flexibility index (Phi) is 5.83. The molecule has 6 heteroatoms. The average Bonchev–Trinajstić information content (AvgIpc) is 2.95. The van der Waals surface area contributed by atoms with Gasteiger partial charge in [-0.05, 0) is 43.5 Å². The Morgan fingerprint density at radius 1 is 1.36 bits per heavy atom. The van der Waals surface area contributed by atoms with Crippen molar-refractivity contribution in [2.24, 2.45) is 11.8 Å². The van der Waals surface area contributed by atoms with Crippen LogP contribution in [0.3, 0.4) is 0 Å². The number of amides is 1. The van der Waals surface area contributed by atoms with Crippen molar-refractivity contribution in [1.29, 1.82) is 0 Å². The monoisotopic (exact) mass is 325 g/mol. The van der Waals surface area contributed by atoms with Crippen LogP contribution in [0.2, 0.25) is 0 Å². The van der Waals surface area contributed by atoms with Gasteiger partial charge in [0.15, 0.2) is 0 Å². The zero-order valence-corrected chi connectivity index (χ0v) is 13.2. The molecule has 1 unspecified atom stereocenters. The van der Waals surface area contributed by atoms with Gasteiger partial charge in [0, 0.05) is 22.6 Å². The van der Waals surface area contributed by atoms with E-state index < -0.39 is 5.97 Å². The van der Waals surface area contributed by atoms with Crippen molar-refractivity contribution < 1.29 is 19.1 Å². The largest absolute Gasteiger partial charge is 0.481 e. The number of carboxylic acids is 1. The van der Waals surface area contributed by atoms with E-state index in [1.54, 1.807) is 12.1 Å². The van der Waals surface area contributed by atoms with Crippen LogP contribution in [-0.2, 0) is 9.59 Å². The number of carboxylic acid groups (broad SMARTS) is 1. The molecule has 3 atom stereocenters.